The number of hydrogen-bond donors (Lipinski definition) is 1. The van der Waals surface area contributed by atoms with Crippen LogP contribution in [-0.4, -0.2) is 19.7 Å². The Morgan fingerprint density at radius 2 is 2.44 bits per heavy atom. The third-order valence-electron chi connectivity index (χ3n) is 2.46. The second kappa shape index (κ2) is 4.51. The van der Waals surface area contributed by atoms with Crippen LogP contribution in [0.15, 0.2) is 28.1 Å². The molecule has 3 aromatic heterocycles. The van der Waals surface area contributed by atoms with Gasteiger partial charge in [-0.3, -0.25) is 9.67 Å². The summed E-state index contributed by atoms with van der Waals surface area (Å²) < 4.78 is 7.91. The van der Waals surface area contributed by atoms with E-state index < -0.39 is 0 Å². The number of aryl methyl sites for hydroxylation is 1. The molecule has 0 aliphatic heterocycles. The molecule has 1 N–H and O–H groups in total. The van der Waals surface area contributed by atoms with Crippen LogP contribution in [0, 0.1) is 11.7 Å². The van der Waals surface area contributed by atoms with Crippen LogP contribution >= 0.6 is 23.6 Å². The van der Waals surface area contributed by atoms with E-state index in [0.29, 0.717) is 17.2 Å². The van der Waals surface area contributed by atoms with Crippen LogP contribution in [0.25, 0.3) is 10.7 Å². The van der Waals surface area contributed by atoms with Crippen LogP contribution in [0.1, 0.15) is 11.7 Å². The standard InChI is InChI=1S/C11H10N4OS2/c1-7-5-12-9(16-7)6-15-10(13-14-11(15)17)8-3-2-4-18-8/h2-5H,6H2,1H3,(H,14,17). The lowest BCUT2D eigenvalue weighted by atomic mass is 10.4. The Hall–Kier alpha value is -1.73. The molecule has 0 atom stereocenters. The van der Waals surface area contributed by atoms with Gasteiger partial charge in [0.2, 0.25) is 5.89 Å². The molecule has 0 aromatic carbocycles. The lowest BCUT2D eigenvalue weighted by Crippen LogP contribution is -2.02. The smallest absolute Gasteiger partial charge is 0.214 e. The van der Waals surface area contributed by atoms with Gasteiger partial charge in [0.1, 0.15) is 12.3 Å². The molecule has 0 saturated carbocycles. The molecule has 0 fully saturated rings. The van der Waals surface area contributed by atoms with E-state index in [1.165, 1.54) is 0 Å². The fourth-order valence-corrected chi connectivity index (χ4v) is 2.59. The van der Waals surface area contributed by atoms with E-state index in [9.17, 15) is 0 Å². The SMILES string of the molecule is Cc1cnc(Cn2c(-c3cccs3)n[nH]c2=S)o1. The van der Waals surface area contributed by atoms with Crippen LogP contribution in [-0.2, 0) is 6.54 Å². The molecule has 0 aliphatic carbocycles. The van der Waals surface area contributed by atoms with E-state index in [-0.39, 0.29) is 0 Å². The maximum absolute atomic E-state index is 5.47. The van der Waals surface area contributed by atoms with Gasteiger partial charge in [-0.25, -0.2) is 4.98 Å². The summed E-state index contributed by atoms with van der Waals surface area (Å²) in [4.78, 5) is 5.24. The first kappa shape index (κ1) is 11.4. The summed E-state index contributed by atoms with van der Waals surface area (Å²) >= 11 is 6.85. The third-order valence-corrected chi connectivity index (χ3v) is 3.64. The van der Waals surface area contributed by atoms with Crippen LogP contribution in [0.3, 0.4) is 0 Å². The van der Waals surface area contributed by atoms with Crippen molar-refractivity contribution >= 4 is 23.6 Å². The topological polar surface area (TPSA) is 59.6 Å². The lowest BCUT2D eigenvalue weighted by molar-refractivity contribution is 0.457. The van der Waals surface area contributed by atoms with Crippen molar-refractivity contribution in [2.45, 2.75) is 13.5 Å². The molecule has 18 heavy (non-hydrogen) atoms. The summed E-state index contributed by atoms with van der Waals surface area (Å²) in [6.45, 7) is 2.35. The fraction of sp³-hybridized carbons (Fsp3) is 0.182. The monoisotopic (exact) mass is 278 g/mol. The third kappa shape index (κ3) is 2.02. The van der Waals surface area contributed by atoms with Gasteiger partial charge in [-0.1, -0.05) is 6.07 Å². The Morgan fingerprint density at radius 1 is 1.56 bits per heavy atom. The van der Waals surface area contributed by atoms with Gasteiger partial charge in [0.25, 0.3) is 0 Å². The molecular weight excluding hydrogens is 268 g/mol. The number of oxazole rings is 1. The van der Waals surface area contributed by atoms with Crippen molar-refractivity contribution < 1.29 is 4.42 Å². The normalized spacial score (nSPS) is 10.9. The number of thiophene rings is 1. The number of aromatic amines is 1. The number of nitrogens with zero attached hydrogens (tertiary/aromatic N) is 3. The number of rotatable bonds is 3. The number of nitrogens with one attached hydrogen (secondary N) is 1. The molecule has 0 aliphatic rings. The maximum atomic E-state index is 5.47. The summed E-state index contributed by atoms with van der Waals surface area (Å²) in [6.07, 6.45) is 1.70. The van der Waals surface area contributed by atoms with Crippen molar-refractivity contribution in [3.05, 3.63) is 40.1 Å². The Kier molecular flexibility index (Phi) is 2.85. The summed E-state index contributed by atoms with van der Waals surface area (Å²) in [5.74, 6) is 2.23. The molecule has 0 amide bonds. The minimum atomic E-state index is 0.483. The van der Waals surface area contributed by atoms with Crippen molar-refractivity contribution in [2.75, 3.05) is 0 Å². The van der Waals surface area contributed by atoms with Crippen molar-refractivity contribution in [3.63, 3.8) is 0 Å². The van der Waals surface area contributed by atoms with Crippen LogP contribution in [0.4, 0.5) is 0 Å². The molecule has 0 unspecified atom stereocenters. The Morgan fingerprint density at radius 3 is 3.11 bits per heavy atom. The zero-order valence-electron chi connectivity index (χ0n) is 9.58. The van der Waals surface area contributed by atoms with E-state index in [1.54, 1.807) is 17.5 Å². The van der Waals surface area contributed by atoms with Crippen molar-refractivity contribution in [2.24, 2.45) is 0 Å². The molecule has 3 heterocycles. The van der Waals surface area contributed by atoms with Crippen molar-refractivity contribution in [1.82, 2.24) is 19.7 Å². The van der Waals surface area contributed by atoms with Crippen LogP contribution in [0.2, 0.25) is 0 Å². The van der Waals surface area contributed by atoms with Gasteiger partial charge in [0.05, 0.1) is 11.1 Å². The zero-order chi connectivity index (χ0) is 12.5. The van der Waals surface area contributed by atoms with Gasteiger partial charge in [-0.05, 0) is 30.6 Å². The van der Waals surface area contributed by atoms with Gasteiger partial charge < -0.3 is 4.42 Å². The number of aromatic nitrogens is 4. The summed E-state index contributed by atoms with van der Waals surface area (Å²) in [7, 11) is 0. The predicted molar refractivity (Wildman–Crippen MR) is 71.1 cm³/mol. The average molecular weight is 278 g/mol. The Labute approximate surface area is 112 Å². The molecule has 3 rings (SSSR count). The second-order valence-electron chi connectivity index (χ2n) is 3.78. The molecule has 3 aromatic rings. The summed E-state index contributed by atoms with van der Waals surface area (Å²) in [5, 5.41) is 9.06. The van der Waals surface area contributed by atoms with E-state index in [4.69, 9.17) is 16.6 Å². The maximum Gasteiger partial charge on any atom is 0.214 e. The molecule has 0 spiro atoms. The van der Waals surface area contributed by atoms with Gasteiger partial charge in [-0.15, -0.1) is 11.3 Å². The first-order valence-corrected chi connectivity index (χ1v) is 6.63. The van der Waals surface area contributed by atoms with E-state index in [0.717, 1.165) is 16.5 Å². The number of hydrogen-bond acceptors (Lipinski definition) is 5. The van der Waals surface area contributed by atoms with E-state index in [2.05, 4.69) is 15.2 Å². The molecule has 0 saturated heterocycles. The molecular formula is C11H10N4OS2. The quantitative estimate of drug-likeness (QED) is 0.748. The van der Waals surface area contributed by atoms with Crippen LogP contribution < -0.4 is 0 Å². The summed E-state index contributed by atoms with van der Waals surface area (Å²) in [5.41, 5.74) is 0. The highest BCUT2D eigenvalue weighted by molar-refractivity contribution is 7.71. The first-order chi connectivity index (χ1) is 8.74. The molecule has 7 heteroatoms. The van der Waals surface area contributed by atoms with Crippen LogP contribution in [0.5, 0.6) is 0 Å². The second-order valence-corrected chi connectivity index (χ2v) is 5.11. The Balaban J connectivity index is 2.01. The van der Waals surface area contributed by atoms with E-state index >= 15 is 0 Å². The minimum Gasteiger partial charge on any atom is -0.444 e. The van der Waals surface area contributed by atoms with Gasteiger partial charge in [-0.2, -0.15) is 5.10 Å². The van der Waals surface area contributed by atoms with Crippen molar-refractivity contribution in [3.8, 4) is 10.7 Å². The fourth-order valence-electron chi connectivity index (χ4n) is 1.67. The molecule has 92 valence electrons. The highest BCUT2D eigenvalue weighted by atomic mass is 32.1. The highest BCUT2D eigenvalue weighted by Crippen LogP contribution is 2.23. The number of H-pyrrole nitrogens is 1. The summed E-state index contributed by atoms with van der Waals surface area (Å²) in [6, 6.07) is 3.99. The molecule has 5 nitrogen and oxygen atoms in total. The first-order valence-electron chi connectivity index (χ1n) is 5.34. The van der Waals surface area contributed by atoms with Crippen molar-refractivity contribution in [1.29, 1.82) is 0 Å². The molecule has 0 radical (unpaired) electrons. The zero-order valence-corrected chi connectivity index (χ0v) is 11.2. The largest absolute Gasteiger partial charge is 0.444 e. The van der Waals surface area contributed by atoms with E-state index in [1.807, 2.05) is 29.0 Å². The Bertz CT molecular complexity index is 708. The molecule has 0 bridgehead atoms. The minimum absolute atomic E-state index is 0.483. The predicted octanol–water partition coefficient (Wildman–Crippen LogP) is 3.01. The van der Waals surface area contributed by atoms with Gasteiger partial charge in [0.15, 0.2) is 10.6 Å². The highest BCUT2D eigenvalue weighted by Gasteiger charge is 2.12. The average Bonchev–Trinajstić information content (AvgIpc) is 3.03. The van der Waals surface area contributed by atoms with Gasteiger partial charge in [0, 0.05) is 0 Å². The lowest BCUT2D eigenvalue weighted by Gasteiger charge is -2.01. The van der Waals surface area contributed by atoms with Gasteiger partial charge >= 0.3 is 0 Å².